The van der Waals surface area contributed by atoms with E-state index in [1.165, 1.54) is 36.7 Å². The van der Waals surface area contributed by atoms with E-state index in [2.05, 4.69) is 22.5 Å². The summed E-state index contributed by atoms with van der Waals surface area (Å²) < 4.78 is 19.2. The molecular weight excluding hydrogens is 441 g/mol. The summed E-state index contributed by atoms with van der Waals surface area (Å²) in [5.41, 5.74) is 0.318. The Bertz CT molecular complexity index is 905. The van der Waals surface area contributed by atoms with E-state index in [1.807, 2.05) is 0 Å². The van der Waals surface area contributed by atoms with E-state index in [1.54, 1.807) is 23.6 Å². The summed E-state index contributed by atoms with van der Waals surface area (Å²) in [5, 5.41) is 8.48. The van der Waals surface area contributed by atoms with Crippen LogP contribution in [0, 0.1) is 5.82 Å². The van der Waals surface area contributed by atoms with Crippen molar-refractivity contribution in [1.29, 1.82) is 0 Å². The highest BCUT2D eigenvalue weighted by atomic mass is 32.1. The Morgan fingerprint density at radius 2 is 1.82 bits per heavy atom. The van der Waals surface area contributed by atoms with Crippen LogP contribution in [-0.2, 0) is 11.4 Å². The standard InChI is InChI=1S/C25H34FN3O3S/c1-2-3-4-5-6-15-23(30)27-19-12-8-9-13-20(19)29-25(31)21-17-33-24(28-21)16-32-22-14-10-7-11-18(22)26/h7,10-11,14,17,19-20H,2-6,8-9,12-13,15-16H2,1H3,(H,27,30)(H,29,31). The minimum absolute atomic E-state index is 0.0478. The van der Waals surface area contributed by atoms with Gasteiger partial charge in [0.05, 0.1) is 0 Å². The summed E-state index contributed by atoms with van der Waals surface area (Å²) in [6, 6.07) is 6.04. The molecule has 1 aliphatic rings. The van der Waals surface area contributed by atoms with Crippen LogP contribution in [0.15, 0.2) is 29.6 Å². The number of carbonyl (C=O) groups is 2. The second-order valence-electron chi connectivity index (χ2n) is 8.55. The Kier molecular flexibility index (Phi) is 10.1. The van der Waals surface area contributed by atoms with Crippen molar-refractivity contribution in [2.75, 3.05) is 0 Å². The van der Waals surface area contributed by atoms with Crippen LogP contribution in [-0.4, -0.2) is 28.9 Å². The molecule has 6 nitrogen and oxygen atoms in total. The van der Waals surface area contributed by atoms with Crippen LogP contribution in [0.4, 0.5) is 4.39 Å². The first-order chi connectivity index (χ1) is 16.1. The highest BCUT2D eigenvalue weighted by Crippen LogP contribution is 2.21. The summed E-state index contributed by atoms with van der Waals surface area (Å²) in [6.07, 6.45) is 9.87. The highest BCUT2D eigenvalue weighted by molar-refractivity contribution is 7.09. The molecule has 8 heteroatoms. The lowest BCUT2D eigenvalue weighted by Gasteiger charge is -2.32. The van der Waals surface area contributed by atoms with Gasteiger partial charge in [-0.05, 0) is 31.4 Å². The number of amides is 2. The van der Waals surface area contributed by atoms with Crippen LogP contribution in [0.1, 0.15) is 86.6 Å². The lowest BCUT2D eigenvalue weighted by Crippen LogP contribution is -2.53. The number of nitrogens with zero attached hydrogens (tertiary/aromatic N) is 1. The molecule has 0 aliphatic heterocycles. The van der Waals surface area contributed by atoms with E-state index in [-0.39, 0.29) is 36.3 Å². The molecule has 3 rings (SSSR count). The molecule has 0 radical (unpaired) electrons. The van der Waals surface area contributed by atoms with Crippen molar-refractivity contribution in [3.8, 4) is 5.75 Å². The van der Waals surface area contributed by atoms with Gasteiger partial charge in [0.2, 0.25) is 5.91 Å². The number of carbonyl (C=O) groups excluding carboxylic acids is 2. The molecule has 1 heterocycles. The fraction of sp³-hybridized carbons (Fsp3) is 0.560. The molecule has 1 fully saturated rings. The maximum Gasteiger partial charge on any atom is 0.271 e. The number of para-hydroxylation sites is 1. The Labute approximate surface area is 199 Å². The molecule has 33 heavy (non-hydrogen) atoms. The molecule has 180 valence electrons. The van der Waals surface area contributed by atoms with Crippen molar-refractivity contribution >= 4 is 23.2 Å². The minimum atomic E-state index is -0.432. The third-order valence-corrected chi connectivity index (χ3v) is 6.73. The molecule has 2 aromatic rings. The average molecular weight is 476 g/mol. The largest absolute Gasteiger partial charge is 0.483 e. The van der Waals surface area contributed by atoms with Crippen molar-refractivity contribution in [1.82, 2.24) is 15.6 Å². The maximum absolute atomic E-state index is 13.7. The van der Waals surface area contributed by atoms with Crippen molar-refractivity contribution in [2.45, 2.75) is 89.8 Å². The van der Waals surface area contributed by atoms with Gasteiger partial charge in [0.1, 0.15) is 17.3 Å². The molecule has 2 atom stereocenters. The zero-order chi connectivity index (χ0) is 23.5. The van der Waals surface area contributed by atoms with Crippen molar-refractivity contribution in [3.05, 3.63) is 46.2 Å². The lowest BCUT2D eigenvalue weighted by molar-refractivity contribution is -0.122. The van der Waals surface area contributed by atoms with Gasteiger partial charge in [-0.2, -0.15) is 0 Å². The summed E-state index contributed by atoms with van der Waals surface area (Å²) in [6.45, 7) is 2.27. The number of rotatable bonds is 12. The lowest BCUT2D eigenvalue weighted by atomic mass is 9.90. The van der Waals surface area contributed by atoms with E-state index in [0.29, 0.717) is 17.1 Å². The Hall–Kier alpha value is -2.48. The Morgan fingerprint density at radius 3 is 2.58 bits per heavy atom. The molecule has 1 saturated carbocycles. The predicted octanol–water partition coefficient (Wildman–Crippen LogP) is 5.38. The number of benzene rings is 1. The van der Waals surface area contributed by atoms with Crippen LogP contribution in [0.25, 0.3) is 0 Å². The topological polar surface area (TPSA) is 80.3 Å². The van der Waals surface area contributed by atoms with Gasteiger partial charge in [0.25, 0.3) is 5.91 Å². The van der Waals surface area contributed by atoms with Gasteiger partial charge in [0.15, 0.2) is 11.6 Å². The molecule has 0 bridgehead atoms. The molecule has 2 N–H and O–H groups in total. The number of hydrogen-bond donors (Lipinski definition) is 2. The van der Waals surface area contributed by atoms with Gasteiger partial charge < -0.3 is 15.4 Å². The van der Waals surface area contributed by atoms with Gasteiger partial charge in [-0.3, -0.25) is 9.59 Å². The third-order valence-electron chi connectivity index (χ3n) is 5.91. The van der Waals surface area contributed by atoms with Crippen LogP contribution in [0.3, 0.4) is 0 Å². The minimum Gasteiger partial charge on any atom is -0.483 e. The molecule has 2 amide bonds. The van der Waals surface area contributed by atoms with Gasteiger partial charge in [0, 0.05) is 23.9 Å². The number of ether oxygens (including phenoxy) is 1. The first-order valence-electron chi connectivity index (χ1n) is 12.0. The van der Waals surface area contributed by atoms with E-state index in [4.69, 9.17) is 4.74 Å². The number of aromatic nitrogens is 1. The summed E-state index contributed by atoms with van der Waals surface area (Å²) in [4.78, 5) is 29.5. The first-order valence-corrected chi connectivity index (χ1v) is 12.9. The van der Waals surface area contributed by atoms with Crippen LogP contribution >= 0.6 is 11.3 Å². The monoisotopic (exact) mass is 475 g/mol. The summed E-state index contributed by atoms with van der Waals surface area (Å²) in [5.74, 6) is -0.462. The second kappa shape index (κ2) is 13.3. The van der Waals surface area contributed by atoms with E-state index in [9.17, 15) is 14.0 Å². The van der Waals surface area contributed by atoms with Crippen molar-refractivity contribution in [3.63, 3.8) is 0 Å². The van der Waals surface area contributed by atoms with E-state index < -0.39 is 5.82 Å². The predicted molar refractivity (Wildman–Crippen MR) is 128 cm³/mol. The molecule has 2 unspecified atom stereocenters. The molecule has 0 saturated heterocycles. The highest BCUT2D eigenvalue weighted by Gasteiger charge is 2.28. The van der Waals surface area contributed by atoms with E-state index in [0.717, 1.165) is 38.5 Å². The van der Waals surface area contributed by atoms with Gasteiger partial charge in [-0.25, -0.2) is 9.37 Å². The summed E-state index contributed by atoms with van der Waals surface area (Å²) >= 11 is 1.30. The smallest absolute Gasteiger partial charge is 0.271 e. The van der Waals surface area contributed by atoms with E-state index >= 15 is 0 Å². The van der Waals surface area contributed by atoms with Gasteiger partial charge in [-0.15, -0.1) is 11.3 Å². The normalized spacial score (nSPS) is 18.0. The first kappa shape index (κ1) is 25.1. The van der Waals surface area contributed by atoms with Crippen molar-refractivity contribution in [2.24, 2.45) is 0 Å². The van der Waals surface area contributed by atoms with Gasteiger partial charge in [-0.1, -0.05) is 57.6 Å². The fourth-order valence-electron chi connectivity index (χ4n) is 4.07. The third kappa shape index (κ3) is 8.11. The molecule has 0 spiro atoms. The zero-order valence-electron chi connectivity index (χ0n) is 19.3. The molecule has 1 aromatic heterocycles. The number of halogens is 1. The number of nitrogens with one attached hydrogen (secondary N) is 2. The zero-order valence-corrected chi connectivity index (χ0v) is 20.1. The second-order valence-corrected chi connectivity index (χ2v) is 9.49. The SMILES string of the molecule is CCCCCCCC(=O)NC1CCCCC1NC(=O)c1csc(COc2ccccc2F)n1. The Morgan fingerprint density at radius 1 is 1.09 bits per heavy atom. The van der Waals surface area contributed by atoms with Crippen LogP contribution < -0.4 is 15.4 Å². The van der Waals surface area contributed by atoms with Crippen molar-refractivity contribution < 1.29 is 18.7 Å². The average Bonchev–Trinajstić information content (AvgIpc) is 3.29. The summed E-state index contributed by atoms with van der Waals surface area (Å²) in [7, 11) is 0. The Balaban J connectivity index is 1.47. The number of hydrogen-bond acceptors (Lipinski definition) is 5. The van der Waals surface area contributed by atoms with Crippen LogP contribution in [0.2, 0.25) is 0 Å². The van der Waals surface area contributed by atoms with Crippen LogP contribution in [0.5, 0.6) is 5.75 Å². The molecular formula is C25H34FN3O3S. The molecule has 1 aliphatic carbocycles. The maximum atomic E-state index is 13.7. The fourth-order valence-corrected chi connectivity index (χ4v) is 4.75. The molecule has 1 aromatic carbocycles. The number of thiazole rings is 1. The quantitative estimate of drug-likeness (QED) is 0.404. The number of unbranched alkanes of at least 4 members (excludes halogenated alkanes) is 4. The van der Waals surface area contributed by atoms with Gasteiger partial charge >= 0.3 is 0 Å².